The van der Waals surface area contributed by atoms with Crippen molar-refractivity contribution in [1.29, 1.82) is 0 Å². The van der Waals surface area contributed by atoms with E-state index in [1.165, 1.54) is 24.0 Å². The van der Waals surface area contributed by atoms with Crippen molar-refractivity contribution in [3.8, 4) is 0 Å². The van der Waals surface area contributed by atoms with Crippen molar-refractivity contribution in [3.05, 3.63) is 35.4 Å². The van der Waals surface area contributed by atoms with Gasteiger partial charge in [-0.15, -0.1) is 24.0 Å². The average molecular weight is 503 g/mol. The molecule has 4 rings (SSSR count). The molecule has 7 heteroatoms. The number of guanidine groups is 1. The van der Waals surface area contributed by atoms with Gasteiger partial charge in [-0.25, -0.2) is 8.42 Å². The number of aryl methyl sites for hydroxylation is 1. The molecule has 1 heterocycles. The van der Waals surface area contributed by atoms with Gasteiger partial charge in [0, 0.05) is 19.1 Å². The molecular formula is C20H30IN3O2S. The molecule has 27 heavy (non-hydrogen) atoms. The molecule has 1 aromatic rings. The Labute approximate surface area is 179 Å². The maximum Gasteiger partial charge on any atom is 0.191 e. The number of rotatable bonds is 5. The predicted octanol–water partition coefficient (Wildman–Crippen LogP) is 2.54. The lowest BCUT2D eigenvalue weighted by Crippen LogP contribution is -2.46. The summed E-state index contributed by atoms with van der Waals surface area (Å²) in [6.07, 6.45) is 6.59. The van der Waals surface area contributed by atoms with E-state index in [2.05, 4.69) is 34.9 Å². The fraction of sp³-hybridized carbons (Fsp3) is 0.650. The summed E-state index contributed by atoms with van der Waals surface area (Å²) >= 11 is 0. The molecule has 2 fully saturated rings. The normalized spacial score (nSPS) is 26.7. The zero-order valence-electron chi connectivity index (χ0n) is 15.7. The van der Waals surface area contributed by atoms with Crippen LogP contribution in [-0.4, -0.2) is 45.0 Å². The Hall–Kier alpha value is -0.830. The number of hydrogen-bond acceptors (Lipinski definition) is 3. The second kappa shape index (κ2) is 9.11. The lowest BCUT2D eigenvalue weighted by atomic mass is 9.88. The van der Waals surface area contributed by atoms with Crippen LogP contribution in [0.5, 0.6) is 0 Å². The van der Waals surface area contributed by atoms with Gasteiger partial charge in [0.25, 0.3) is 0 Å². The Morgan fingerprint density at radius 2 is 1.85 bits per heavy atom. The highest BCUT2D eigenvalue weighted by Crippen LogP contribution is 2.27. The van der Waals surface area contributed by atoms with Crippen molar-refractivity contribution in [2.75, 3.05) is 24.6 Å². The first kappa shape index (κ1) is 20.9. The van der Waals surface area contributed by atoms with Gasteiger partial charge >= 0.3 is 0 Å². The van der Waals surface area contributed by atoms with E-state index in [-0.39, 0.29) is 29.9 Å². The van der Waals surface area contributed by atoms with Crippen LogP contribution in [-0.2, 0) is 22.7 Å². The highest BCUT2D eigenvalue weighted by Gasteiger charge is 2.28. The molecule has 5 nitrogen and oxygen atoms in total. The van der Waals surface area contributed by atoms with Gasteiger partial charge in [0.2, 0.25) is 0 Å². The van der Waals surface area contributed by atoms with E-state index in [0.29, 0.717) is 24.1 Å². The standard InChI is InChI=1S/C20H29N3O2S.HI/c24-26(25)10-9-16(14-26)13-22-20(21-12-15-5-6-15)23-19-8-7-17-3-1-2-4-18(17)11-19;/h1-4,15-16,19H,5-14H2,(H2,21,22,23);1H. The molecule has 2 atom stereocenters. The molecule has 0 amide bonds. The van der Waals surface area contributed by atoms with Crippen molar-refractivity contribution in [3.63, 3.8) is 0 Å². The molecule has 0 bridgehead atoms. The number of hydrogen-bond donors (Lipinski definition) is 2. The summed E-state index contributed by atoms with van der Waals surface area (Å²) in [5.74, 6) is 2.44. The quantitative estimate of drug-likeness (QED) is 0.368. The zero-order chi connectivity index (χ0) is 18.0. The van der Waals surface area contributed by atoms with Gasteiger partial charge in [-0.3, -0.25) is 4.99 Å². The van der Waals surface area contributed by atoms with Gasteiger partial charge in [0.05, 0.1) is 11.5 Å². The third kappa shape index (κ3) is 6.07. The van der Waals surface area contributed by atoms with Gasteiger partial charge < -0.3 is 10.6 Å². The van der Waals surface area contributed by atoms with E-state index >= 15 is 0 Å². The van der Waals surface area contributed by atoms with Crippen molar-refractivity contribution in [1.82, 2.24) is 10.6 Å². The predicted molar refractivity (Wildman–Crippen MR) is 121 cm³/mol. The molecule has 0 spiro atoms. The number of nitrogens with one attached hydrogen (secondary N) is 2. The van der Waals surface area contributed by atoms with Crippen LogP contribution >= 0.6 is 24.0 Å². The topological polar surface area (TPSA) is 70.6 Å². The van der Waals surface area contributed by atoms with Gasteiger partial charge in [-0.05, 0) is 61.5 Å². The summed E-state index contributed by atoms with van der Waals surface area (Å²) in [5.41, 5.74) is 2.89. The summed E-state index contributed by atoms with van der Waals surface area (Å²) < 4.78 is 23.3. The highest BCUT2D eigenvalue weighted by molar-refractivity contribution is 14.0. The molecular weight excluding hydrogens is 473 g/mol. The Kier molecular flexibility index (Phi) is 7.05. The van der Waals surface area contributed by atoms with Crippen molar-refractivity contribution in [2.45, 2.75) is 44.6 Å². The minimum absolute atomic E-state index is 0. The molecule has 0 aromatic heterocycles. The summed E-state index contributed by atoms with van der Waals surface area (Å²) in [5, 5.41) is 7.10. The molecule has 1 aromatic carbocycles. The first-order valence-electron chi connectivity index (χ1n) is 9.89. The summed E-state index contributed by atoms with van der Waals surface area (Å²) in [6.45, 7) is 1.57. The number of sulfone groups is 1. The van der Waals surface area contributed by atoms with E-state index in [1.54, 1.807) is 0 Å². The first-order chi connectivity index (χ1) is 12.6. The number of benzene rings is 1. The molecule has 2 aliphatic carbocycles. The van der Waals surface area contributed by atoms with E-state index < -0.39 is 9.84 Å². The third-order valence-corrected chi connectivity index (χ3v) is 7.61. The van der Waals surface area contributed by atoms with Crippen LogP contribution in [0, 0.1) is 11.8 Å². The molecule has 150 valence electrons. The molecule has 1 saturated heterocycles. The molecule has 1 aliphatic heterocycles. The van der Waals surface area contributed by atoms with Crippen molar-refractivity contribution < 1.29 is 8.42 Å². The smallest absolute Gasteiger partial charge is 0.191 e. The SMILES string of the molecule is I.O=S1(=O)CCC(CN=C(NCC2CC2)NC2CCc3ccccc3C2)C1. The van der Waals surface area contributed by atoms with Crippen LogP contribution < -0.4 is 10.6 Å². The minimum Gasteiger partial charge on any atom is -0.356 e. The van der Waals surface area contributed by atoms with Crippen molar-refractivity contribution >= 4 is 39.8 Å². The van der Waals surface area contributed by atoms with E-state index in [9.17, 15) is 8.42 Å². The third-order valence-electron chi connectivity index (χ3n) is 5.78. The Morgan fingerprint density at radius 3 is 2.56 bits per heavy atom. The summed E-state index contributed by atoms with van der Waals surface area (Å²) in [6, 6.07) is 9.07. The largest absolute Gasteiger partial charge is 0.356 e. The summed E-state index contributed by atoms with van der Waals surface area (Å²) in [4.78, 5) is 4.75. The second-order valence-electron chi connectivity index (χ2n) is 8.14. The van der Waals surface area contributed by atoms with E-state index in [1.807, 2.05) is 0 Å². The van der Waals surface area contributed by atoms with Crippen LogP contribution in [0.4, 0.5) is 0 Å². The number of fused-ring (bicyclic) bond motifs is 1. The molecule has 1 saturated carbocycles. The van der Waals surface area contributed by atoms with Gasteiger partial charge in [-0.2, -0.15) is 0 Å². The highest BCUT2D eigenvalue weighted by atomic mass is 127. The molecule has 2 N–H and O–H groups in total. The number of halogens is 1. The van der Waals surface area contributed by atoms with Crippen LogP contribution in [0.25, 0.3) is 0 Å². The molecule has 3 aliphatic rings. The second-order valence-corrected chi connectivity index (χ2v) is 10.4. The van der Waals surface area contributed by atoms with Crippen LogP contribution in [0.1, 0.15) is 36.8 Å². The van der Waals surface area contributed by atoms with Crippen LogP contribution in [0.2, 0.25) is 0 Å². The van der Waals surface area contributed by atoms with Gasteiger partial charge in [0.15, 0.2) is 15.8 Å². The lowest BCUT2D eigenvalue weighted by Gasteiger charge is -2.27. The lowest BCUT2D eigenvalue weighted by molar-refractivity contribution is 0.515. The monoisotopic (exact) mass is 503 g/mol. The minimum atomic E-state index is -2.83. The fourth-order valence-corrected chi connectivity index (χ4v) is 5.82. The molecule has 0 radical (unpaired) electrons. The molecule has 2 unspecified atom stereocenters. The van der Waals surface area contributed by atoms with E-state index in [0.717, 1.165) is 44.1 Å². The van der Waals surface area contributed by atoms with Gasteiger partial charge in [0.1, 0.15) is 0 Å². The maximum absolute atomic E-state index is 11.7. The summed E-state index contributed by atoms with van der Waals surface area (Å²) in [7, 11) is -2.83. The Morgan fingerprint density at radius 1 is 1.07 bits per heavy atom. The number of nitrogens with zero attached hydrogens (tertiary/aromatic N) is 1. The zero-order valence-corrected chi connectivity index (χ0v) is 18.8. The maximum atomic E-state index is 11.7. The van der Waals surface area contributed by atoms with Crippen LogP contribution in [0.15, 0.2) is 29.3 Å². The average Bonchev–Trinajstić information content (AvgIpc) is 3.39. The fourth-order valence-electron chi connectivity index (χ4n) is 3.97. The first-order valence-corrected chi connectivity index (χ1v) is 11.7. The Bertz CT molecular complexity index is 777. The van der Waals surface area contributed by atoms with Crippen LogP contribution in [0.3, 0.4) is 0 Å². The number of aliphatic imine (C=N–C) groups is 1. The Balaban J connectivity index is 0.00000210. The van der Waals surface area contributed by atoms with Gasteiger partial charge in [-0.1, -0.05) is 24.3 Å². The van der Waals surface area contributed by atoms with E-state index in [4.69, 9.17) is 4.99 Å². The van der Waals surface area contributed by atoms with Crippen molar-refractivity contribution in [2.24, 2.45) is 16.8 Å².